The molecule has 2 unspecified atom stereocenters. The van der Waals surface area contributed by atoms with Crippen molar-refractivity contribution in [1.82, 2.24) is 4.90 Å². The van der Waals surface area contributed by atoms with Gasteiger partial charge < -0.3 is 10.6 Å². The van der Waals surface area contributed by atoms with Gasteiger partial charge in [0.15, 0.2) is 0 Å². The van der Waals surface area contributed by atoms with Crippen molar-refractivity contribution in [3.8, 4) is 0 Å². The zero-order valence-electron chi connectivity index (χ0n) is 8.87. The summed E-state index contributed by atoms with van der Waals surface area (Å²) in [6.45, 7) is 4.75. The molecular formula is C10H19FN2O. The Bertz CT molecular complexity index is 208. The van der Waals surface area contributed by atoms with Crippen LogP contribution in [0.15, 0.2) is 0 Å². The number of carbonyl (C=O) groups excluding carboxylic acids is 1. The zero-order valence-corrected chi connectivity index (χ0v) is 8.87. The number of rotatable bonds is 2. The Hall–Kier alpha value is -0.640. The molecule has 0 aromatic rings. The van der Waals surface area contributed by atoms with E-state index in [0.717, 1.165) is 0 Å². The topological polar surface area (TPSA) is 46.3 Å². The van der Waals surface area contributed by atoms with Crippen molar-refractivity contribution in [2.45, 2.75) is 38.9 Å². The van der Waals surface area contributed by atoms with Gasteiger partial charge in [-0.2, -0.15) is 0 Å². The van der Waals surface area contributed by atoms with E-state index in [1.165, 1.54) is 0 Å². The lowest BCUT2D eigenvalue weighted by Crippen LogP contribution is -2.50. The number of carbonyl (C=O) groups is 1. The highest BCUT2D eigenvalue weighted by atomic mass is 19.1. The average Bonchev–Trinajstić information content (AvgIpc) is 2.08. The van der Waals surface area contributed by atoms with E-state index in [2.05, 4.69) is 0 Å². The van der Waals surface area contributed by atoms with Gasteiger partial charge in [0.1, 0.15) is 6.17 Å². The van der Waals surface area contributed by atoms with Gasteiger partial charge in [-0.05, 0) is 12.3 Å². The highest BCUT2D eigenvalue weighted by Gasteiger charge is 2.28. The summed E-state index contributed by atoms with van der Waals surface area (Å²) >= 11 is 0. The van der Waals surface area contributed by atoms with Crippen LogP contribution >= 0.6 is 0 Å². The highest BCUT2D eigenvalue weighted by molar-refractivity contribution is 5.76. The quantitative estimate of drug-likeness (QED) is 0.724. The SMILES string of the molecule is CC(C)CC(=O)N1CCC(N)C(F)C1. The molecule has 14 heavy (non-hydrogen) atoms. The molecule has 82 valence electrons. The summed E-state index contributed by atoms with van der Waals surface area (Å²) in [5.74, 6) is 0.380. The molecule has 0 aliphatic carbocycles. The Balaban J connectivity index is 2.42. The molecular weight excluding hydrogens is 183 g/mol. The molecule has 1 aliphatic rings. The van der Waals surface area contributed by atoms with Crippen molar-refractivity contribution in [2.24, 2.45) is 11.7 Å². The number of nitrogens with two attached hydrogens (primary N) is 1. The second kappa shape index (κ2) is 4.73. The summed E-state index contributed by atoms with van der Waals surface area (Å²) < 4.78 is 13.2. The van der Waals surface area contributed by atoms with Crippen LogP contribution < -0.4 is 5.73 Å². The van der Waals surface area contributed by atoms with Crippen LogP contribution in [0.3, 0.4) is 0 Å². The normalized spacial score (nSPS) is 28.2. The number of alkyl halides is 1. The van der Waals surface area contributed by atoms with Gasteiger partial charge in [0.2, 0.25) is 5.91 Å². The largest absolute Gasteiger partial charge is 0.340 e. The van der Waals surface area contributed by atoms with Crippen LogP contribution in [0.2, 0.25) is 0 Å². The lowest BCUT2D eigenvalue weighted by Gasteiger charge is -2.33. The Kier molecular flexibility index (Phi) is 3.86. The van der Waals surface area contributed by atoms with E-state index in [4.69, 9.17) is 5.73 Å². The third-order valence-electron chi connectivity index (χ3n) is 2.53. The molecule has 0 spiro atoms. The van der Waals surface area contributed by atoms with Gasteiger partial charge in [-0.1, -0.05) is 13.8 Å². The van der Waals surface area contributed by atoms with Crippen molar-refractivity contribution in [2.75, 3.05) is 13.1 Å². The third kappa shape index (κ3) is 2.94. The molecule has 1 rings (SSSR count). The predicted octanol–water partition coefficient (Wildman–Crippen LogP) is 0.930. The zero-order chi connectivity index (χ0) is 10.7. The van der Waals surface area contributed by atoms with Crippen LogP contribution in [0.1, 0.15) is 26.7 Å². The summed E-state index contributed by atoms with van der Waals surface area (Å²) in [4.78, 5) is 13.2. The van der Waals surface area contributed by atoms with E-state index in [-0.39, 0.29) is 12.5 Å². The van der Waals surface area contributed by atoms with Crippen LogP contribution in [0.25, 0.3) is 0 Å². The monoisotopic (exact) mass is 202 g/mol. The fraction of sp³-hybridized carbons (Fsp3) is 0.900. The molecule has 0 aromatic carbocycles. The van der Waals surface area contributed by atoms with Gasteiger partial charge in [0.05, 0.1) is 6.54 Å². The molecule has 4 heteroatoms. The fourth-order valence-corrected chi connectivity index (χ4v) is 1.63. The van der Waals surface area contributed by atoms with E-state index in [1.807, 2.05) is 13.8 Å². The van der Waals surface area contributed by atoms with Crippen LogP contribution in [-0.4, -0.2) is 36.1 Å². The molecule has 0 radical (unpaired) electrons. The van der Waals surface area contributed by atoms with Crippen LogP contribution in [0.4, 0.5) is 4.39 Å². The van der Waals surface area contributed by atoms with Crippen molar-refractivity contribution in [3.63, 3.8) is 0 Å². The minimum Gasteiger partial charge on any atom is -0.340 e. The summed E-state index contributed by atoms with van der Waals surface area (Å²) in [7, 11) is 0. The number of hydrogen-bond donors (Lipinski definition) is 1. The summed E-state index contributed by atoms with van der Waals surface area (Å²) in [6.07, 6.45) is 0.0207. The molecule has 1 aliphatic heterocycles. The molecule has 0 saturated carbocycles. The first-order chi connectivity index (χ1) is 6.50. The maximum absolute atomic E-state index is 13.2. The first-order valence-corrected chi connectivity index (χ1v) is 5.18. The molecule has 3 nitrogen and oxygen atoms in total. The Labute approximate surface area is 84.4 Å². The molecule has 1 fully saturated rings. The molecule has 1 heterocycles. The van der Waals surface area contributed by atoms with Crippen molar-refractivity contribution >= 4 is 5.91 Å². The van der Waals surface area contributed by atoms with E-state index < -0.39 is 12.2 Å². The number of nitrogens with zero attached hydrogens (tertiary/aromatic N) is 1. The van der Waals surface area contributed by atoms with E-state index in [1.54, 1.807) is 4.90 Å². The van der Waals surface area contributed by atoms with Crippen LogP contribution in [0.5, 0.6) is 0 Å². The molecule has 1 saturated heterocycles. The molecule has 0 aromatic heterocycles. The smallest absolute Gasteiger partial charge is 0.222 e. The number of likely N-dealkylation sites (tertiary alicyclic amines) is 1. The first-order valence-electron chi connectivity index (χ1n) is 5.18. The van der Waals surface area contributed by atoms with Crippen molar-refractivity contribution in [3.05, 3.63) is 0 Å². The fourth-order valence-electron chi connectivity index (χ4n) is 1.63. The molecule has 2 N–H and O–H groups in total. The Morgan fingerprint density at radius 1 is 1.64 bits per heavy atom. The van der Waals surface area contributed by atoms with Gasteiger partial charge in [-0.3, -0.25) is 4.79 Å². The van der Waals surface area contributed by atoms with Crippen molar-refractivity contribution in [1.29, 1.82) is 0 Å². The minimum absolute atomic E-state index is 0.0505. The second-order valence-electron chi connectivity index (χ2n) is 4.41. The molecule has 0 bridgehead atoms. The van der Waals surface area contributed by atoms with Gasteiger partial charge in [-0.15, -0.1) is 0 Å². The van der Waals surface area contributed by atoms with E-state index in [9.17, 15) is 9.18 Å². The maximum Gasteiger partial charge on any atom is 0.222 e. The lowest BCUT2D eigenvalue weighted by atomic mass is 10.0. The van der Waals surface area contributed by atoms with Gasteiger partial charge in [-0.25, -0.2) is 4.39 Å². The highest BCUT2D eigenvalue weighted by Crippen LogP contribution is 2.14. The van der Waals surface area contributed by atoms with Gasteiger partial charge in [0.25, 0.3) is 0 Å². The Morgan fingerprint density at radius 3 is 2.79 bits per heavy atom. The van der Waals surface area contributed by atoms with Crippen LogP contribution in [0, 0.1) is 5.92 Å². The Morgan fingerprint density at radius 2 is 2.29 bits per heavy atom. The summed E-state index contributed by atoms with van der Waals surface area (Å²) in [5.41, 5.74) is 5.53. The van der Waals surface area contributed by atoms with Crippen LogP contribution in [-0.2, 0) is 4.79 Å². The number of hydrogen-bond acceptors (Lipinski definition) is 2. The average molecular weight is 202 g/mol. The predicted molar refractivity (Wildman–Crippen MR) is 53.5 cm³/mol. The maximum atomic E-state index is 13.2. The van der Waals surface area contributed by atoms with Crippen molar-refractivity contribution < 1.29 is 9.18 Å². The molecule has 1 amide bonds. The molecule has 2 atom stereocenters. The number of piperidine rings is 1. The minimum atomic E-state index is -1.06. The van der Waals surface area contributed by atoms with E-state index in [0.29, 0.717) is 25.3 Å². The second-order valence-corrected chi connectivity index (χ2v) is 4.41. The standard InChI is InChI=1S/C10H19FN2O/c1-7(2)5-10(14)13-4-3-9(12)8(11)6-13/h7-9H,3-6,12H2,1-2H3. The summed E-state index contributed by atoms with van der Waals surface area (Å²) in [6, 6.07) is -0.391. The van der Waals surface area contributed by atoms with Gasteiger partial charge >= 0.3 is 0 Å². The first kappa shape index (κ1) is 11.4. The van der Waals surface area contributed by atoms with Gasteiger partial charge in [0, 0.05) is 19.0 Å². The lowest BCUT2D eigenvalue weighted by molar-refractivity contribution is -0.134. The van der Waals surface area contributed by atoms with E-state index >= 15 is 0 Å². The number of halogens is 1. The third-order valence-corrected chi connectivity index (χ3v) is 2.53. The summed E-state index contributed by atoms with van der Waals surface area (Å²) in [5, 5.41) is 0. The number of amides is 1.